The first-order chi connectivity index (χ1) is 11.1. The van der Waals surface area contributed by atoms with Crippen LogP contribution in [0.25, 0.3) is 0 Å². The zero-order chi connectivity index (χ0) is 16.8. The van der Waals surface area contributed by atoms with Crippen molar-refractivity contribution >= 4 is 5.97 Å². The van der Waals surface area contributed by atoms with Crippen molar-refractivity contribution in [3.8, 4) is 17.2 Å². The summed E-state index contributed by atoms with van der Waals surface area (Å²) in [5.41, 5.74) is 1.30. The Morgan fingerprint density at radius 2 is 1.96 bits per heavy atom. The van der Waals surface area contributed by atoms with Crippen LogP contribution in [0.3, 0.4) is 0 Å². The summed E-state index contributed by atoms with van der Waals surface area (Å²) in [7, 11) is 1.55. The van der Waals surface area contributed by atoms with Crippen LogP contribution in [0.15, 0.2) is 42.5 Å². The number of para-hydroxylation sites is 1. The number of methoxy groups -OCH3 is 1. The van der Waals surface area contributed by atoms with Gasteiger partial charge in [0.1, 0.15) is 5.75 Å². The summed E-state index contributed by atoms with van der Waals surface area (Å²) in [5, 5.41) is 19.2. The molecule has 0 saturated carbocycles. The minimum absolute atomic E-state index is 0.0458. The standard InChI is InChI=1S/C18H20O5/c1-3-23-17-13(7-5-9-16(17)22-2)11-15(18(20)21)12-6-4-8-14(19)10-12/h4-10,15,19H,3,11H2,1-2H3,(H,20,21). The quantitative estimate of drug-likeness (QED) is 0.820. The van der Waals surface area contributed by atoms with Crippen molar-refractivity contribution in [2.75, 3.05) is 13.7 Å². The number of phenolic OH excluding ortho intramolecular Hbond substituents is 1. The molecule has 2 rings (SSSR count). The Labute approximate surface area is 135 Å². The average Bonchev–Trinajstić information content (AvgIpc) is 2.53. The van der Waals surface area contributed by atoms with E-state index < -0.39 is 11.9 Å². The van der Waals surface area contributed by atoms with E-state index in [0.29, 0.717) is 23.7 Å². The lowest BCUT2D eigenvalue weighted by Crippen LogP contribution is -2.15. The summed E-state index contributed by atoms with van der Waals surface area (Å²) in [6.45, 7) is 2.32. The highest BCUT2D eigenvalue weighted by molar-refractivity contribution is 5.77. The van der Waals surface area contributed by atoms with E-state index in [9.17, 15) is 15.0 Å². The second kappa shape index (κ2) is 7.54. The number of benzene rings is 2. The normalized spacial score (nSPS) is 11.7. The van der Waals surface area contributed by atoms with Gasteiger partial charge in [0.15, 0.2) is 11.5 Å². The maximum Gasteiger partial charge on any atom is 0.311 e. The SMILES string of the molecule is CCOc1c(CC(C(=O)O)c2cccc(O)c2)cccc1OC. The number of hydrogen-bond acceptors (Lipinski definition) is 4. The number of ether oxygens (including phenoxy) is 2. The average molecular weight is 316 g/mol. The molecule has 5 nitrogen and oxygen atoms in total. The minimum atomic E-state index is -0.958. The molecule has 0 bridgehead atoms. The Balaban J connectivity index is 2.39. The lowest BCUT2D eigenvalue weighted by molar-refractivity contribution is -0.138. The molecule has 2 N–H and O–H groups in total. The van der Waals surface area contributed by atoms with Crippen molar-refractivity contribution in [3.63, 3.8) is 0 Å². The molecule has 0 aliphatic carbocycles. The predicted molar refractivity (Wildman–Crippen MR) is 86.4 cm³/mol. The lowest BCUT2D eigenvalue weighted by atomic mass is 9.91. The number of aliphatic carboxylic acids is 1. The van der Waals surface area contributed by atoms with Crippen molar-refractivity contribution in [2.45, 2.75) is 19.3 Å². The smallest absolute Gasteiger partial charge is 0.311 e. The summed E-state index contributed by atoms with van der Waals surface area (Å²) in [6.07, 6.45) is 0.241. The second-order valence-corrected chi connectivity index (χ2v) is 5.07. The number of rotatable bonds is 7. The molecule has 5 heteroatoms. The molecule has 0 amide bonds. The molecule has 1 unspecified atom stereocenters. The maximum atomic E-state index is 11.7. The molecule has 1 atom stereocenters. The van der Waals surface area contributed by atoms with Gasteiger partial charge in [-0.05, 0) is 42.7 Å². The van der Waals surface area contributed by atoms with E-state index in [1.807, 2.05) is 13.0 Å². The molecule has 2 aromatic rings. The zero-order valence-corrected chi connectivity index (χ0v) is 13.2. The number of carboxylic acid groups (broad SMARTS) is 1. The highest BCUT2D eigenvalue weighted by atomic mass is 16.5. The predicted octanol–water partition coefficient (Wildman–Crippen LogP) is 3.21. The van der Waals surface area contributed by atoms with Crippen LogP contribution in [-0.4, -0.2) is 29.9 Å². The molecular weight excluding hydrogens is 296 g/mol. The van der Waals surface area contributed by atoms with Crippen LogP contribution in [0, 0.1) is 0 Å². The van der Waals surface area contributed by atoms with Gasteiger partial charge < -0.3 is 19.7 Å². The van der Waals surface area contributed by atoms with Gasteiger partial charge in [-0.1, -0.05) is 24.3 Å². The van der Waals surface area contributed by atoms with Crippen molar-refractivity contribution in [1.82, 2.24) is 0 Å². The number of carbonyl (C=O) groups is 1. The van der Waals surface area contributed by atoms with Crippen LogP contribution < -0.4 is 9.47 Å². The van der Waals surface area contributed by atoms with Crippen molar-refractivity contribution in [2.24, 2.45) is 0 Å². The Bertz CT molecular complexity index is 681. The van der Waals surface area contributed by atoms with Crippen LogP contribution in [0.2, 0.25) is 0 Å². The van der Waals surface area contributed by atoms with E-state index >= 15 is 0 Å². The van der Waals surface area contributed by atoms with Crippen molar-refractivity contribution in [3.05, 3.63) is 53.6 Å². The van der Waals surface area contributed by atoms with Gasteiger partial charge >= 0.3 is 5.97 Å². The summed E-state index contributed by atoms with van der Waals surface area (Å²) in [5.74, 6) is -0.563. The van der Waals surface area contributed by atoms with Gasteiger partial charge in [-0.2, -0.15) is 0 Å². The summed E-state index contributed by atoms with van der Waals surface area (Å²) < 4.78 is 10.9. The first-order valence-electron chi connectivity index (χ1n) is 7.37. The van der Waals surface area contributed by atoms with E-state index in [1.54, 1.807) is 31.4 Å². The Hall–Kier alpha value is -2.69. The minimum Gasteiger partial charge on any atom is -0.508 e. The first-order valence-corrected chi connectivity index (χ1v) is 7.37. The van der Waals surface area contributed by atoms with Gasteiger partial charge in [-0.3, -0.25) is 4.79 Å². The van der Waals surface area contributed by atoms with Gasteiger partial charge in [0.05, 0.1) is 19.6 Å². The van der Waals surface area contributed by atoms with Gasteiger partial charge in [0.2, 0.25) is 0 Å². The van der Waals surface area contributed by atoms with E-state index in [2.05, 4.69) is 0 Å². The fourth-order valence-electron chi connectivity index (χ4n) is 2.50. The van der Waals surface area contributed by atoms with E-state index in [-0.39, 0.29) is 12.2 Å². The van der Waals surface area contributed by atoms with E-state index in [0.717, 1.165) is 5.56 Å². The molecular formula is C18H20O5. The molecule has 23 heavy (non-hydrogen) atoms. The fraction of sp³-hybridized carbons (Fsp3) is 0.278. The number of phenols is 1. The third-order valence-corrected chi connectivity index (χ3v) is 3.56. The Morgan fingerprint density at radius 1 is 1.22 bits per heavy atom. The van der Waals surface area contributed by atoms with Crippen LogP contribution >= 0.6 is 0 Å². The van der Waals surface area contributed by atoms with Crippen LogP contribution in [0.4, 0.5) is 0 Å². The number of aromatic hydroxyl groups is 1. The molecule has 0 saturated heterocycles. The van der Waals surface area contributed by atoms with E-state index in [1.165, 1.54) is 12.1 Å². The summed E-state index contributed by atoms with van der Waals surface area (Å²) in [4.78, 5) is 11.7. The molecule has 0 spiro atoms. The van der Waals surface area contributed by atoms with Gasteiger partial charge in [-0.25, -0.2) is 0 Å². The molecule has 0 heterocycles. The zero-order valence-electron chi connectivity index (χ0n) is 13.2. The van der Waals surface area contributed by atoms with Gasteiger partial charge in [-0.15, -0.1) is 0 Å². The third-order valence-electron chi connectivity index (χ3n) is 3.56. The highest BCUT2D eigenvalue weighted by Gasteiger charge is 2.23. The fourth-order valence-corrected chi connectivity index (χ4v) is 2.50. The van der Waals surface area contributed by atoms with Crippen molar-refractivity contribution < 1.29 is 24.5 Å². The van der Waals surface area contributed by atoms with Crippen LogP contribution in [-0.2, 0) is 11.2 Å². The van der Waals surface area contributed by atoms with Gasteiger partial charge in [0, 0.05) is 0 Å². The molecule has 0 aliphatic heterocycles. The second-order valence-electron chi connectivity index (χ2n) is 5.07. The molecule has 0 radical (unpaired) electrons. The van der Waals surface area contributed by atoms with Crippen molar-refractivity contribution in [1.29, 1.82) is 0 Å². The topological polar surface area (TPSA) is 76.0 Å². The molecule has 0 aliphatic rings. The molecule has 122 valence electrons. The molecule has 0 aromatic heterocycles. The van der Waals surface area contributed by atoms with E-state index in [4.69, 9.17) is 9.47 Å². The lowest BCUT2D eigenvalue weighted by Gasteiger charge is -2.18. The first kappa shape index (κ1) is 16.7. The monoisotopic (exact) mass is 316 g/mol. The Morgan fingerprint density at radius 3 is 2.57 bits per heavy atom. The van der Waals surface area contributed by atoms with Crippen LogP contribution in [0.1, 0.15) is 24.0 Å². The summed E-state index contributed by atoms with van der Waals surface area (Å²) in [6, 6.07) is 11.7. The highest BCUT2D eigenvalue weighted by Crippen LogP contribution is 2.35. The number of carboxylic acids is 1. The van der Waals surface area contributed by atoms with Gasteiger partial charge in [0.25, 0.3) is 0 Å². The maximum absolute atomic E-state index is 11.7. The largest absolute Gasteiger partial charge is 0.508 e. The van der Waals surface area contributed by atoms with Crippen LogP contribution in [0.5, 0.6) is 17.2 Å². The summed E-state index contributed by atoms with van der Waals surface area (Å²) >= 11 is 0. The third kappa shape index (κ3) is 3.94. The molecule has 0 fully saturated rings. The number of hydrogen-bond donors (Lipinski definition) is 2. The Kier molecular flexibility index (Phi) is 5.46. The molecule has 2 aromatic carbocycles.